The molecule has 0 bridgehead atoms. The summed E-state index contributed by atoms with van der Waals surface area (Å²) in [5.74, 6) is -1.27. The Morgan fingerprint density at radius 1 is 1.10 bits per heavy atom. The molecule has 0 aromatic heterocycles. The lowest BCUT2D eigenvalue weighted by Crippen LogP contribution is -2.31. The first-order valence-electron chi connectivity index (χ1n) is 15.5. The van der Waals surface area contributed by atoms with E-state index in [2.05, 4.69) is 26.0 Å². The molecule has 0 aromatic carbocycles. The van der Waals surface area contributed by atoms with Gasteiger partial charge >= 0.3 is 5.97 Å². The van der Waals surface area contributed by atoms with Crippen molar-refractivity contribution in [3.05, 3.63) is 24.3 Å². The summed E-state index contributed by atoms with van der Waals surface area (Å²) < 4.78 is 24.5. The maximum atomic E-state index is 13.2. The molecule has 0 radical (unpaired) electrons. The summed E-state index contributed by atoms with van der Waals surface area (Å²) in [6.07, 6.45) is 16.8. The number of unbranched alkanes of at least 4 members (excludes halogenated alkanes) is 1. The molecule has 1 N–H and O–H groups in total. The average Bonchev–Trinajstić information content (AvgIpc) is 3.22. The zero-order chi connectivity index (χ0) is 28.7. The monoisotopic (exact) mass is 562 g/mol. The summed E-state index contributed by atoms with van der Waals surface area (Å²) >= 11 is 0. The molecule has 3 aliphatic rings. The summed E-state index contributed by atoms with van der Waals surface area (Å²) in [6, 6.07) is 0. The molecule has 8 heteroatoms. The van der Waals surface area contributed by atoms with Crippen LogP contribution in [0.25, 0.3) is 0 Å². The molecule has 2 heterocycles. The SMILES string of the molecule is CCCC[C@H](C)C[C@@H](C=C[C@H]1[C@H](OC2CCCCO2)CC(=O)[C@@H]1CC(=O)CCC=CC(=O)O)OC1CCCCO1. The molecule has 0 spiro atoms. The third kappa shape index (κ3) is 11.6. The number of carboxylic acid groups (broad SMARTS) is 1. The van der Waals surface area contributed by atoms with Gasteiger partial charge < -0.3 is 24.1 Å². The van der Waals surface area contributed by atoms with E-state index in [9.17, 15) is 14.4 Å². The zero-order valence-electron chi connectivity index (χ0n) is 24.5. The number of carboxylic acids is 1. The van der Waals surface area contributed by atoms with Crippen LogP contribution < -0.4 is 0 Å². The molecule has 40 heavy (non-hydrogen) atoms. The van der Waals surface area contributed by atoms with Crippen LogP contribution in [0, 0.1) is 17.8 Å². The number of Topliss-reactive ketones (excluding diaryl/α,β-unsaturated/α-hetero) is 2. The van der Waals surface area contributed by atoms with Crippen LogP contribution in [0.3, 0.4) is 0 Å². The van der Waals surface area contributed by atoms with E-state index in [0.717, 1.165) is 63.9 Å². The van der Waals surface area contributed by atoms with E-state index in [1.54, 1.807) is 0 Å². The fraction of sp³-hybridized carbons (Fsp3) is 0.781. The standard InChI is InChI=1S/C32H50O8/c1-3-4-11-23(2)20-25(39-31-14-7-9-18-37-31)16-17-26-27(21-24(33)12-5-6-13-30(35)36)28(34)22-29(26)40-32-15-8-10-19-38-32/h6,13,16-17,23,25-27,29,31-32H,3-5,7-12,14-15,18-22H2,1-2H3,(H,35,36)/t23-,25+,26+,27+,29+,31?,32?/m0/s1. The van der Waals surface area contributed by atoms with Gasteiger partial charge in [0.1, 0.15) is 11.6 Å². The normalized spacial score (nSPS) is 29.2. The molecule has 2 saturated heterocycles. The van der Waals surface area contributed by atoms with Crippen molar-refractivity contribution in [1.29, 1.82) is 0 Å². The number of aliphatic carboxylic acids is 1. The lowest BCUT2D eigenvalue weighted by atomic mass is 9.87. The summed E-state index contributed by atoms with van der Waals surface area (Å²) in [7, 11) is 0. The van der Waals surface area contributed by atoms with Crippen LogP contribution >= 0.6 is 0 Å². The highest BCUT2D eigenvalue weighted by atomic mass is 16.7. The Morgan fingerprint density at radius 3 is 2.48 bits per heavy atom. The molecule has 3 rings (SSSR count). The molecule has 1 saturated carbocycles. The van der Waals surface area contributed by atoms with Crippen molar-refractivity contribution in [2.45, 2.75) is 129 Å². The minimum absolute atomic E-state index is 0.0364. The second kappa shape index (κ2) is 17.8. The highest BCUT2D eigenvalue weighted by Crippen LogP contribution is 2.37. The Kier molecular flexibility index (Phi) is 14.6. The zero-order valence-corrected chi connectivity index (χ0v) is 24.5. The second-order valence-corrected chi connectivity index (χ2v) is 11.7. The number of carbonyl (C=O) groups excluding carboxylic acids is 2. The predicted octanol–water partition coefficient (Wildman–Crippen LogP) is 6.17. The van der Waals surface area contributed by atoms with Crippen molar-refractivity contribution in [3.63, 3.8) is 0 Å². The Labute approximate surface area is 239 Å². The van der Waals surface area contributed by atoms with Crippen molar-refractivity contribution < 1.29 is 38.4 Å². The Morgan fingerprint density at radius 2 is 1.82 bits per heavy atom. The first-order valence-corrected chi connectivity index (χ1v) is 15.5. The summed E-state index contributed by atoms with van der Waals surface area (Å²) in [4.78, 5) is 36.7. The largest absolute Gasteiger partial charge is 0.478 e. The number of hydrogen-bond acceptors (Lipinski definition) is 7. The van der Waals surface area contributed by atoms with Gasteiger partial charge in [0.05, 0.1) is 12.2 Å². The van der Waals surface area contributed by atoms with E-state index in [4.69, 9.17) is 24.1 Å². The Balaban J connectivity index is 1.73. The molecule has 226 valence electrons. The number of hydrogen-bond donors (Lipinski definition) is 1. The van der Waals surface area contributed by atoms with Crippen molar-refractivity contribution in [2.75, 3.05) is 13.2 Å². The van der Waals surface area contributed by atoms with Gasteiger partial charge in [0, 0.05) is 50.4 Å². The minimum atomic E-state index is -1.03. The van der Waals surface area contributed by atoms with Crippen LogP contribution in [0.5, 0.6) is 0 Å². The van der Waals surface area contributed by atoms with Gasteiger partial charge in [-0.3, -0.25) is 9.59 Å². The van der Waals surface area contributed by atoms with Gasteiger partial charge in [-0.25, -0.2) is 4.79 Å². The van der Waals surface area contributed by atoms with E-state index in [0.29, 0.717) is 25.6 Å². The van der Waals surface area contributed by atoms with Crippen molar-refractivity contribution in [3.8, 4) is 0 Å². The van der Waals surface area contributed by atoms with E-state index in [1.165, 1.54) is 12.5 Å². The van der Waals surface area contributed by atoms with Gasteiger partial charge in [0.15, 0.2) is 12.6 Å². The molecule has 1 aliphatic carbocycles. The summed E-state index contributed by atoms with van der Waals surface area (Å²) in [6.45, 7) is 5.83. The number of ketones is 2. The lowest BCUT2D eigenvalue weighted by Gasteiger charge is -2.30. The smallest absolute Gasteiger partial charge is 0.327 e. The molecule has 8 nitrogen and oxygen atoms in total. The first-order chi connectivity index (χ1) is 19.4. The van der Waals surface area contributed by atoms with Crippen LogP contribution in [0.4, 0.5) is 0 Å². The van der Waals surface area contributed by atoms with Crippen LogP contribution in [0.1, 0.15) is 104 Å². The lowest BCUT2D eigenvalue weighted by molar-refractivity contribution is -0.192. The van der Waals surface area contributed by atoms with Crippen molar-refractivity contribution in [1.82, 2.24) is 0 Å². The molecule has 2 aliphatic heterocycles. The maximum absolute atomic E-state index is 13.2. The third-order valence-electron chi connectivity index (χ3n) is 8.17. The quantitative estimate of drug-likeness (QED) is 0.166. The van der Waals surface area contributed by atoms with Crippen LogP contribution in [-0.2, 0) is 33.3 Å². The van der Waals surface area contributed by atoms with Gasteiger partial charge in [0.25, 0.3) is 0 Å². The number of allylic oxidation sites excluding steroid dienone is 1. The topological polar surface area (TPSA) is 108 Å². The van der Waals surface area contributed by atoms with Gasteiger partial charge in [-0.1, -0.05) is 51.3 Å². The molecular formula is C32H50O8. The Bertz CT molecular complexity index is 840. The highest BCUT2D eigenvalue weighted by molar-refractivity contribution is 5.90. The van der Waals surface area contributed by atoms with E-state index >= 15 is 0 Å². The predicted molar refractivity (Wildman–Crippen MR) is 152 cm³/mol. The van der Waals surface area contributed by atoms with E-state index < -0.39 is 11.9 Å². The van der Waals surface area contributed by atoms with Crippen LogP contribution in [0.2, 0.25) is 0 Å². The molecular weight excluding hydrogens is 512 g/mol. The third-order valence-corrected chi connectivity index (χ3v) is 8.17. The molecule has 0 aromatic rings. The van der Waals surface area contributed by atoms with Crippen LogP contribution in [0.15, 0.2) is 24.3 Å². The van der Waals surface area contributed by atoms with Gasteiger partial charge in [-0.15, -0.1) is 0 Å². The Hall–Kier alpha value is -1.87. The van der Waals surface area contributed by atoms with Crippen molar-refractivity contribution in [2.24, 2.45) is 17.8 Å². The summed E-state index contributed by atoms with van der Waals surface area (Å²) in [5.41, 5.74) is 0. The maximum Gasteiger partial charge on any atom is 0.327 e. The highest BCUT2D eigenvalue weighted by Gasteiger charge is 2.43. The minimum Gasteiger partial charge on any atom is -0.478 e. The number of carbonyl (C=O) groups is 3. The first kappa shape index (κ1) is 32.6. The van der Waals surface area contributed by atoms with Gasteiger partial charge in [0.2, 0.25) is 0 Å². The van der Waals surface area contributed by atoms with Gasteiger partial charge in [-0.05, 0) is 57.3 Å². The number of ether oxygens (including phenoxy) is 4. The van der Waals surface area contributed by atoms with Crippen LogP contribution in [-0.4, -0.2) is 60.6 Å². The molecule has 7 atom stereocenters. The summed E-state index contributed by atoms with van der Waals surface area (Å²) in [5, 5.41) is 8.78. The molecule has 2 unspecified atom stereocenters. The fourth-order valence-corrected chi connectivity index (χ4v) is 5.91. The fourth-order valence-electron chi connectivity index (χ4n) is 5.91. The van der Waals surface area contributed by atoms with Gasteiger partial charge in [-0.2, -0.15) is 0 Å². The van der Waals surface area contributed by atoms with E-state index in [-0.39, 0.29) is 61.5 Å². The average molecular weight is 563 g/mol. The van der Waals surface area contributed by atoms with E-state index in [1.807, 2.05) is 0 Å². The molecule has 3 fully saturated rings. The second-order valence-electron chi connectivity index (χ2n) is 11.7. The van der Waals surface area contributed by atoms with Crippen molar-refractivity contribution >= 4 is 17.5 Å². The number of rotatable bonds is 17. The molecule has 0 amide bonds.